The molecule has 0 radical (unpaired) electrons. The lowest BCUT2D eigenvalue weighted by atomic mass is 9.91. The highest BCUT2D eigenvalue weighted by Gasteiger charge is 2.33. The zero-order chi connectivity index (χ0) is 22.1. The first-order chi connectivity index (χ1) is 14.0. The molecule has 0 fully saturated rings. The third kappa shape index (κ3) is 4.64. The summed E-state index contributed by atoms with van der Waals surface area (Å²) in [7, 11) is -3.42. The van der Waals surface area contributed by atoms with Crippen LogP contribution in [-0.4, -0.2) is 26.3 Å². The Hall–Kier alpha value is -2.87. The first-order valence-electron chi connectivity index (χ1n) is 9.13. The van der Waals surface area contributed by atoms with Crippen LogP contribution in [0.3, 0.4) is 0 Å². The van der Waals surface area contributed by atoms with Gasteiger partial charge in [0.1, 0.15) is 11.5 Å². The molecule has 4 nitrogen and oxygen atoms in total. The van der Waals surface area contributed by atoms with E-state index in [4.69, 9.17) is 4.74 Å². The molecule has 0 spiro atoms. The highest BCUT2D eigenvalue weighted by atomic mass is 32.2. The van der Waals surface area contributed by atoms with Gasteiger partial charge in [0.25, 0.3) is 5.92 Å². The van der Waals surface area contributed by atoms with Crippen molar-refractivity contribution in [3.05, 3.63) is 66.1 Å². The first kappa shape index (κ1) is 21.8. The second-order valence-corrected chi connectivity index (χ2v) is 8.87. The Morgan fingerprint density at radius 1 is 1.00 bits per heavy atom. The summed E-state index contributed by atoms with van der Waals surface area (Å²) in [6.45, 7) is 2.67. The lowest BCUT2D eigenvalue weighted by Crippen LogP contribution is -2.14. The molecule has 30 heavy (non-hydrogen) atoms. The number of hydrogen-bond donors (Lipinski definition) is 0. The molecule has 0 aliphatic carbocycles. The molecule has 158 valence electrons. The van der Waals surface area contributed by atoms with Gasteiger partial charge in [-0.3, -0.25) is 0 Å². The Bertz CT molecular complexity index is 1150. The number of benzene rings is 2. The lowest BCUT2D eigenvalue weighted by molar-refractivity contribution is 0.0128. The smallest absolute Gasteiger partial charge is 0.287 e. The van der Waals surface area contributed by atoms with Gasteiger partial charge in [0.15, 0.2) is 9.84 Å². The Balaban J connectivity index is 2.33. The molecule has 8 heteroatoms. The van der Waals surface area contributed by atoms with Crippen molar-refractivity contribution in [2.24, 2.45) is 0 Å². The molecule has 0 bridgehead atoms. The van der Waals surface area contributed by atoms with Crippen LogP contribution in [0.5, 0.6) is 5.88 Å². The fourth-order valence-electron chi connectivity index (χ4n) is 3.08. The van der Waals surface area contributed by atoms with Crippen LogP contribution in [0.1, 0.15) is 19.5 Å². The van der Waals surface area contributed by atoms with Gasteiger partial charge in [-0.25, -0.2) is 17.8 Å². The number of sulfone groups is 1. The van der Waals surface area contributed by atoms with Crippen LogP contribution >= 0.6 is 0 Å². The highest BCUT2D eigenvalue weighted by Crippen LogP contribution is 2.42. The fourth-order valence-corrected chi connectivity index (χ4v) is 3.71. The number of nitrogens with zero attached hydrogens (tertiary/aromatic N) is 1. The third-order valence-corrected chi connectivity index (χ3v) is 5.56. The largest absolute Gasteiger partial charge is 0.478 e. The molecular weight excluding hydrogens is 415 g/mol. The number of alkyl halides is 2. The van der Waals surface area contributed by atoms with Gasteiger partial charge < -0.3 is 4.74 Å². The number of halogens is 3. The second kappa shape index (κ2) is 8.10. The van der Waals surface area contributed by atoms with E-state index in [1.807, 2.05) is 0 Å². The van der Waals surface area contributed by atoms with Gasteiger partial charge in [0.05, 0.1) is 11.5 Å². The number of pyridine rings is 1. The van der Waals surface area contributed by atoms with Crippen LogP contribution in [0.15, 0.2) is 59.5 Å². The van der Waals surface area contributed by atoms with Gasteiger partial charge in [-0.2, -0.15) is 8.78 Å². The standard InChI is InChI=1S/C22H20F3NO3S/c1-4-29-19-13-18(14-7-11-17(12-8-14)30(3,27)28)20(21(26-19)22(2,24)25)15-5-9-16(23)10-6-15/h5-13H,4H2,1-3H3. The summed E-state index contributed by atoms with van der Waals surface area (Å²) in [5.74, 6) is -3.79. The number of aromatic nitrogens is 1. The summed E-state index contributed by atoms with van der Waals surface area (Å²) in [4.78, 5) is 4.12. The Labute approximate surface area is 173 Å². The van der Waals surface area contributed by atoms with E-state index in [1.54, 1.807) is 6.92 Å². The maximum absolute atomic E-state index is 14.5. The van der Waals surface area contributed by atoms with Gasteiger partial charge in [-0.05, 0) is 47.9 Å². The first-order valence-corrected chi connectivity index (χ1v) is 11.0. The van der Waals surface area contributed by atoms with Crippen molar-refractivity contribution < 1.29 is 26.3 Å². The maximum Gasteiger partial charge on any atom is 0.287 e. The van der Waals surface area contributed by atoms with E-state index >= 15 is 0 Å². The highest BCUT2D eigenvalue weighted by molar-refractivity contribution is 7.90. The quantitative estimate of drug-likeness (QED) is 0.515. The van der Waals surface area contributed by atoms with Crippen molar-refractivity contribution in [2.75, 3.05) is 12.9 Å². The molecule has 0 unspecified atom stereocenters. The molecule has 0 atom stereocenters. The van der Waals surface area contributed by atoms with Crippen LogP contribution in [0, 0.1) is 5.82 Å². The molecule has 3 aromatic rings. The van der Waals surface area contributed by atoms with Crippen LogP contribution < -0.4 is 4.74 Å². The average Bonchev–Trinajstić information content (AvgIpc) is 2.67. The predicted octanol–water partition coefficient (Wildman–Crippen LogP) is 5.47. The van der Waals surface area contributed by atoms with Crippen LogP contribution in [-0.2, 0) is 15.8 Å². The monoisotopic (exact) mass is 435 g/mol. The van der Waals surface area contributed by atoms with Crippen molar-refractivity contribution in [1.29, 1.82) is 0 Å². The predicted molar refractivity (Wildman–Crippen MR) is 109 cm³/mol. The van der Waals surface area contributed by atoms with Gasteiger partial charge in [0.2, 0.25) is 5.88 Å². The van der Waals surface area contributed by atoms with E-state index in [0.717, 1.165) is 13.2 Å². The minimum atomic E-state index is -3.42. The zero-order valence-corrected chi connectivity index (χ0v) is 17.4. The van der Waals surface area contributed by atoms with Crippen molar-refractivity contribution in [3.8, 4) is 28.1 Å². The SMILES string of the molecule is CCOc1cc(-c2ccc(S(C)(=O)=O)cc2)c(-c2ccc(F)cc2)c(C(C)(F)F)n1. The minimum Gasteiger partial charge on any atom is -0.478 e. The Morgan fingerprint density at radius 2 is 1.57 bits per heavy atom. The summed E-state index contributed by atoms with van der Waals surface area (Å²) in [6, 6.07) is 12.6. The molecule has 0 saturated carbocycles. The Kier molecular flexibility index (Phi) is 5.90. The number of hydrogen-bond acceptors (Lipinski definition) is 4. The van der Waals surface area contributed by atoms with Crippen molar-refractivity contribution in [3.63, 3.8) is 0 Å². The van der Waals surface area contributed by atoms with E-state index in [2.05, 4.69) is 4.98 Å². The van der Waals surface area contributed by atoms with E-state index in [-0.39, 0.29) is 22.9 Å². The Morgan fingerprint density at radius 3 is 2.07 bits per heavy atom. The summed E-state index contributed by atoms with van der Waals surface area (Å²) in [6.07, 6.45) is 1.08. The van der Waals surface area contributed by atoms with Crippen molar-refractivity contribution >= 4 is 9.84 Å². The number of rotatable bonds is 6. The topological polar surface area (TPSA) is 56.3 Å². The molecule has 1 aromatic heterocycles. The molecule has 2 aromatic carbocycles. The van der Waals surface area contributed by atoms with Gasteiger partial charge in [-0.15, -0.1) is 0 Å². The van der Waals surface area contributed by atoms with E-state index < -0.39 is 27.3 Å². The molecule has 3 rings (SSSR count). The molecular formula is C22H20F3NO3S. The molecule has 1 heterocycles. The summed E-state index contributed by atoms with van der Waals surface area (Å²) in [5.41, 5.74) is 0.832. The molecule has 0 amide bonds. The van der Waals surface area contributed by atoms with Gasteiger partial charge >= 0.3 is 0 Å². The van der Waals surface area contributed by atoms with Gasteiger partial charge in [0, 0.05) is 24.8 Å². The van der Waals surface area contributed by atoms with Crippen LogP contribution in [0.2, 0.25) is 0 Å². The van der Waals surface area contributed by atoms with Crippen LogP contribution in [0.4, 0.5) is 13.2 Å². The third-order valence-electron chi connectivity index (χ3n) is 4.43. The van der Waals surface area contributed by atoms with Crippen molar-refractivity contribution in [2.45, 2.75) is 24.7 Å². The van der Waals surface area contributed by atoms with E-state index in [0.29, 0.717) is 16.7 Å². The minimum absolute atomic E-state index is 0.0158. The summed E-state index contributed by atoms with van der Waals surface area (Å²) >= 11 is 0. The molecule has 0 aliphatic heterocycles. The maximum atomic E-state index is 14.5. The van der Waals surface area contributed by atoms with E-state index in [9.17, 15) is 21.6 Å². The van der Waals surface area contributed by atoms with E-state index in [1.165, 1.54) is 54.6 Å². The molecule has 0 saturated heterocycles. The fraction of sp³-hybridized carbons (Fsp3) is 0.227. The molecule has 0 aliphatic rings. The van der Waals surface area contributed by atoms with Gasteiger partial charge in [-0.1, -0.05) is 24.3 Å². The summed E-state index contributed by atoms with van der Waals surface area (Å²) < 4.78 is 71.4. The van der Waals surface area contributed by atoms with Crippen molar-refractivity contribution in [1.82, 2.24) is 4.98 Å². The zero-order valence-electron chi connectivity index (χ0n) is 16.6. The summed E-state index contributed by atoms with van der Waals surface area (Å²) in [5, 5.41) is 0. The normalized spacial score (nSPS) is 12.1. The number of ether oxygens (including phenoxy) is 1. The average molecular weight is 435 g/mol. The second-order valence-electron chi connectivity index (χ2n) is 6.86. The van der Waals surface area contributed by atoms with Crippen LogP contribution in [0.25, 0.3) is 22.3 Å². The molecule has 0 N–H and O–H groups in total. The lowest BCUT2D eigenvalue weighted by Gasteiger charge is -2.20.